The summed E-state index contributed by atoms with van der Waals surface area (Å²) in [4.78, 5) is 8.01. The van der Waals surface area contributed by atoms with E-state index in [4.69, 9.17) is 0 Å². The Morgan fingerprint density at radius 2 is 1.39 bits per heavy atom. The first kappa shape index (κ1) is 32.2. The van der Waals surface area contributed by atoms with Crippen molar-refractivity contribution in [2.24, 2.45) is 0 Å². The molecule has 0 aliphatic carbocycles. The Balaban J connectivity index is 1.50. The van der Waals surface area contributed by atoms with E-state index in [9.17, 15) is 43.9 Å². The van der Waals surface area contributed by atoms with Gasteiger partial charge in [-0.1, -0.05) is 18.2 Å². The fourth-order valence-corrected chi connectivity index (χ4v) is 4.21. The third kappa shape index (κ3) is 7.63. The number of rotatable bonds is 10. The van der Waals surface area contributed by atoms with Crippen molar-refractivity contribution in [3.63, 3.8) is 0 Å². The zero-order valence-corrected chi connectivity index (χ0v) is 22.4. The minimum absolute atomic E-state index is 0.0433. The Morgan fingerprint density at radius 3 is 1.93 bits per heavy atom. The van der Waals surface area contributed by atoms with Crippen LogP contribution in [-0.4, -0.2) is 16.3 Å². The standard InChI is InChI=1S/C31H20F10N2O/c1-2-3-4-22(32)28(38)17-6-8-20(23(33)11-17)19-14-42-30(43-15-19)18-12-24(34)21(25(35)13-18)7-5-16-9-26(36)29(27(37)10-16)44-31(39,40)41/h2,6,8-15H,1,3-5,7H2/b28-22+. The molecule has 3 aromatic carbocycles. The number of alkyl halides is 3. The summed E-state index contributed by atoms with van der Waals surface area (Å²) in [6.07, 6.45) is -2.35. The topological polar surface area (TPSA) is 35.0 Å². The van der Waals surface area contributed by atoms with Gasteiger partial charge in [-0.3, -0.25) is 0 Å². The lowest BCUT2D eigenvalue weighted by atomic mass is 10.0. The maximum atomic E-state index is 14.8. The molecule has 1 aromatic heterocycles. The maximum absolute atomic E-state index is 14.8. The molecule has 3 nitrogen and oxygen atoms in total. The van der Waals surface area contributed by atoms with Crippen LogP contribution in [0.3, 0.4) is 0 Å². The van der Waals surface area contributed by atoms with E-state index < -0.39 is 64.8 Å². The third-order valence-corrected chi connectivity index (χ3v) is 6.33. The van der Waals surface area contributed by atoms with E-state index in [0.29, 0.717) is 12.1 Å². The van der Waals surface area contributed by atoms with Crippen LogP contribution >= 0.6 is 0 Å². The second-order valence-corrected chi connectivity index (χ2v) is 9.39. The molecule has 0 saturated heterocycles. The summed E-state index contributed by atoms with van der Waals surface area (Å²) < 4.78 is 141. The van der Waals surface area contributed by atoms with Crippen LogP contribution in [0.2, 0.25) is 0 Å². The molecule has 0 amide bonds. The Kier molecular flexibility index (Phi) is 9.75. The van der Waals surface area contributed by atoms with Gasteiger partial charge >= 0.3 is 6.36 Å². The van der Waals surface area contributed by atoms with Crippen molar-refractivity contribution >= 4 is 5.83 Å². The summed E-state index contributed by atoms with van der Waals surface area (Å²) in [5.74, 6) is -10.3. The van der Waals surface area contributed by atoms with Gasteiger partial charge < -0.3 is 4.74 Å². The summed E-state index contributed by atoms with van der Waals surface area (Å²) >= 11 is 0. The highest BCUT2D eigenvalue weighted by atomic mass is 19.4. The second-order valence-electron chi connectivity index (χ2n) is 9.39. The fraction of sp³-hybridized carbons (Fsp3) is 0.161. The first-order valence-electron chi connectivity index (χ1n) is 12.8. The lowest BCUT2D eigenvalue weighted by molar-refractivity contribution is -0.276. The number of nitrogens with zero attached hydrogens (tertiary/aromatic N) is 2. The minimum atomic E-state index is -5.33. The molecule has 0 aliphatic rings. The van der Waals surface area contributed by atoms with Crippen LogP contribution < -0.4 is 4.74 Å². The van der Waals surface area contributed by atoms with E-state index in [1.165, 1.54) is 18.2 Å². The molecular weight excluding hydrogens is 606 g/mol. The van der Waals surface area contributed by atoms with E-state index >= 15 is 0 Å². The van der Waals surface area contributed by atoms with Gasteiger partial charge in [-0.05, 0) is 55.2 Å². The van der Waals surface area contributed by atoms with Crippen molar-refractivity contribution in [3.05, 3.63) is 119 Å². The van der Waals surface area contributed by atoms with Gasteiger partial charge in [0.05, 0.1) is 0 Å². The predicted octanol–water partition coefficient (Wildman–Crippen LogP) is 9.76. The van der Waals surface area contributed by atoms with E-state index in [2.05, 4.69) is 21.3 Å². The molecule has 0 radical (unpaired) electrons. The molecule has 0 saturated carbocycles. The Hall–Kier alpha value is -4.68. The van der Waals surface area contributed by atoms with Crippen molar-refractivity contribution in [1.29, 1.82) is 0 Å². The summed E-state index contributed by atoms with van der Waals surface area (Å²) in [6.45, 7) is 3.42. The molecule has 44 heavy (non-hydrogen) atoms. The molecule has 0 aliphatic heterocycles. The Labute approximate surface area is 244 Å². The first-order chi connectivity index (χ1) is 20.8. The highest BCUT2D eigenvalue weighted by Crippen LogP contribution is 2.32. The largest absolute Gasteiger partial charge is 0.573 e. The SMILES string of the molecule is C=CCC/C(F)=C(\F)c1ccc(-c2cnc(-c3cc(F)c(CCc4cc(F)c(OC(F)(F)F)c(F)c4)c(F)c3)nc2)c(F)c1. The predicted molar refractivity (Wildman–Crippen MR) is 142 cm³/mol. The molecule has 0 bridgehead atoms. The average Bonchev–Trinajstić information content (AvgIpc) is 2.96. The number of aryl methyl sites for hydroxylation is 1. The van der Waals surface area contributed by atoms with Gasteiger partial charge in [-0.2, -0.15) is 0 Å². The number of hydrogen-bond donors (Lipinski definition) is 0. The molecule has 1 heterocycles. The molecule has 0 unspecified atom stereocenters. The summed E-state index contributed by atoms with van der Waals surface area (Å²) in [7, 11) is 0. The van der Waals surface area contributed by atoms with Gasteiger partial charge in [-0.25, -0.2) is 40.7 Å². The third-order valence-electron chi connectivity index (χ3n) is 6.33. The van der Waals surface area contributed by atoms with E-state index in [1.807, 2.05) is 0 Å². The van der Waals surface area contributed by atoms with Crippen molar-refractivity contribution in [2.45, 2.75) is 32.0 Å². The van der Waals surface area contributed by atoms with Crippen molar-refractivity contribution in [2.75, 3.05) is 0 Å². The van der Waals surface area contributed by atoms with Gasteiger partial charge in [0, 0.05) is 46.6 Å². The van der Waals surface area contributed by atoms with E-state index in [0.717, 1.165) is 30.6 Å². The van der Waals surface area contributed by atoms with Gasteiger partial charge in [0.1, 0.15) is 23.3 Å². The molecular formula is C31H20F10N2O. The monoisotopic (exact) mass is 626 g/mol. The second kappa shape index (κ2) is 13.3. The van der Waals surface area contributed by atoms with Gasteiger partial charge in [0.15, 0.2) is 23.3 Å². The summed E-state index contributed by atoms with van der Waals surface area (Å²) in [6, 6.07) is 6.12. The maximum Gasteiger partial charge on any atom is 0.573 e. The van der Waals surface area contributed by atoms with Gasteiger partial charge in [-0.15, -0.1) is 19.8 Å². The zero-order chi connectivity index (χ0) is 32.2. The highest BCUT2D eigenvalue weighted by molar-refractivity contribution is 5.69. The molecule has 0 N–H and O–H groups in total. The van der Waals surface area contributed by atoms with Crippen LogP contribution in [0.1, 0.15) is 29.5 Å². The lowest BCUT2D eigenvalue weighted by Crippen LogP contribution is -2.19. The lowest BCUT2D eigenvalue weighted by Gasteiger charge is -2.12. The smallest absolute Gasteiger partial charge is 0.399 e. The molecule has 4 aromatic rings. The quantitative estimate of drug-likeness (QED) is 0.130. The fourth-order valence-electron chi connectivity index (χ4n) is 4.21. The van der Waals surface area contributed by atoms with Gasteiger partial charge in [0.2, 0.25) is 5.75 Å². The van der Waals surface area contributed by atoms with Crippen LogP contribution in [0.15, 0.2) is 73.3 Å². The number of hydrogen-bond acceptors (Lipinski definition) is 3. The number of ether oxygens (including phenoxy) is 1. The minimum Gasteiger partial charge on any atom is -0.399 e. The van der Waals surface area contributed by atoms with Crippen molar-refractivity contribution in [1.82, 2.24) is 9.97 Å². The average molecular weight is 626 g/mol. The van der Waals surface area contributed by atoms with Crippen LogP contribution in [0.4, 0.5) is 43.9 Å². The van der Waals surface area contributed by atoms with E-state index in [1.54, 1.807) is 0 Å². The Morgan fingerprint density at radius 1 is 0.773 bits per heavy atom. The van der Waals surface area contributed by atoms with Crippen LogP contribution in [0.25, 0.3) is 28.3 Å². The molecule has 0 atom stereocenters. The number of benzene rings is 3. The van der Waals surface area contributed by atoms with Crippen LogP contribution in [-0.2, 0) is 12.8 Å². The van der Waals surface area contributed by atoms with Crippen molar-refractivity contribution in [3.8, 4) is 28.3 Å². The molecule has 13 heteroatoms. The summed E-state index contributed by atoms with van der Waals surface area (Å²) in [5.41, 5.74) is -0.950. The first-order valence-corrected chi connectivity index (χ1v) is 12.8. The number of halogens is 10. The number of aromatic nitrogens is 2. The molecule has 230 valence electrons. The van der Waals surface area contributed by atoms with Crippen LogP contribution in [0.5, 0.6) is 5.75 Å². The molecule has 0 fully saturated rings. The zero-order valence-electron chi connectivity index (χ0n) is 22.4. The van der Waals surface area contributed by atoms with Crippen molar-refractivity contribution < 1.29 is 48.6 Å². The molecule has 4 rings (SSSR count). The van der Waals surface area contributed by atoms with Gasteiger partial charge in [0.25, 0.3) is 0 Å². The number of allylic oxidation sites excluding steroid dienone is 2. The van der Waals surface area contributed by atoms with Crippen LogP contribution in [0, 0.1) is 29.1 Å². The van der Waals surface area contributed by atoms with E-state index in [-0.39, 0.29) is 52.9 Å². The highest BCUT2D eigenvalue weighted by Gasteiger charge is 2.34. The summed E-state index contributed by atoms with van der Waals surface area (Å²) in [5, 5.41) is 0. The Bertz CT molecular complexity index is 1670. The molecule has 0 spiro atoms. The normalized spacial score (nSPS) is 12.2.